The molecule has 0 spiro atoms. The molecule has 4 heteroatoms. The van der Waals surface area contributed by atoms with Crippen molar-refractivity contribution >= 4 is 0 Å². The van der Waals surface area contributed by atoms with Crippen molar-refractivity contribution in [1.29, 1.82) is 0 Å². The number of nitrogens with zero attached hydrogens (tertiary/aromatic N) is 1. The lowest BCUT2D eigenvalue weighted by Crippen LogP contribution is -2.14. The van der Waals surface area contributed by atoms with Crippen LogP contribution in [0.25, 0.3) is 0 Å². The lowest BCUT2D eigenvalue weighted by molar-refractivity contribution is 0.736. The third-order valence-corrected chi connectivity index (χ3v) is 2.02. The van der Waals surface area contributed by atoms with E-state index in [0.29, 0.717) is 6.54 Å². The molecule has 0 aliphatic rings. The van der Waals surface area contributed by atoms with Crippen LogP contribution in [0.2, 0.25) is 0 Å². The highest BCUT2D eigenvalue weighted by Gasteiger charge is 2.04. The number of nitrogens with one attached hydrogen (secondary N) is 1. The van der Waals surface area contributed by atoms with Gasteiger partial charge >= 0.3 is 0 Å². The maximum absolute atomic E-state index is 11.3. The van der Waals surface area contributed by atoms with Gasteiger partial charge in [0.2, 0.25) is 0 Å². The van der Waals surface area contributed by atoms with E-state index in [9.17, 15) is 4.79 Å². The van der Waals surface area contributed by atoms with Gasteiger partial charge in [-0.15, -0.1) is 0 Å². The summed E-state index contributed by atoms with van der Waals surface area (Å²) in [7, 11) is 0. The van der Waals surface area contributed by atoms with Gasteiger partial charge < -0.3 is 10.7 Å². The fourth-order valence-corrected chi connectivity index (χ4v) is 1.21. The highest BCUT2D eigenvalue weighted by Crippen LogP contribution is 2.08. The molecule has 3 N–H and O–H groups in total. The fraction of sp³-hybridized carbons (Fsp3) is 0.600. The monoisotopic (exact) mass is 195 g/mol. The van der Waals surface area contributed by atoms with E-state index >= 15 is 0 Å². The molecule has 14 heavy (non-hydrogen) atoms. The molecular weight excluding hydrogens is 178 g/mol. The zero-order valence-electron chi connectivity index (χ0n) is 8.71. The summed E-state index contributed by atoms with van der Waals surface area (Å²) in [4.78, 5) is 18.3. The number of hydrogen-bond acceptors (Lipinski definition) is 3. The van der Waals surface area contributed by atoms with Gasteiger partial charge in [-0.2, -0.15) is 0 Å². The minimum atomic E-state index is -0.0734. The standard InChI is InChI=1S/C10H17N3O/c1-7(2)8-6-10(14)13-9(12-8)4-3-5-11/h6-7H,3-5,11H2,1-2H3,(H,12,13,14). The lowest BCUT2D eigenvalue weighted by Gasteiger charge is -2.05. The maximum atomic E-state index is 11.3. The third kappa shape index (κ3) is 2.96. The van der Waals surface area contributed by atoms with E-state index in [1.807, 2.05) is 13.8 Å². The van der Waals surface area contributed by atoms with Gasteiger partial charge in [0, 0.05) is 12.5 Å². The molecule has 0 amide bonds. The van der Waals surface area contributed by atoms with Gasteiger partial charge in [0.15, 0.2) is 0 Å². The average Bonchev–Trinajstić information content (AvgIpc) is 2.14. The zero-order valence-corrected chi connectivity index (χ0v) is 8.71. The first-order valence-electron chi connectivity index (χ1n) is 4.93. The molecule has 0 saturated carbocycles. The summed E-state index contributed by atoms with van der Waals surface area (Å²) >= 11 is 0. The summed E-state index contributed by atoms with van der Waals surface area (Å²) in [5.41, 5.74) is 6.17. The molecule has 0 fully saturated rings. The van der Waals surface area contributed by atoms with Gasteiger partial charge in [-0.25, -0.2) is 4.98 Å². The van der Waals surface area contributed by atoms with Crippen LogP contribution in [0.4, 0.5) is 0 Å². The molecule has 0 aliphatic heterocycles. The molecule has 1 aromatic rings. The second-order valence-electron chi connectivity index (χ2n) is 3.66. The van der Waals surface area contributed by atoms with E-state index in [1.54, 1.807) is 6.07 Å². The third-order valence-electron chi connectivity index (χ3n) is 2.02. The first-order chi connectivity index (χ1) is 6.63. The van der Waals surface area contributed by atoms with Crippen LogP contribution in [0.1, 0.15) is 37.7 Å². The Labute approximate surface area is 83.6 Å². The van der Waals surface area contributed by atoms with Crippen molar-refractivity contribution < 1.29 is 0 Å². The summed E-state index contributed by atoms with van der Waals surface area (Å²) < 4.78 is 0. The van der Waals surface area contributed by atoms with Gasteiger partial charge in [-0.1, -0.05) is 13.8 Å². The van der Waals surface area contributed by atoms with Gasteiger partial charge in [-0.3, -0.25) is 4.79 Å². The number of aromatic amines is 1. The Morgan fingerprint density at radius 3 is 2.86 bits per heavy atom. The zero-order chi connectivity index (χ0) is 10.6. The Bertz CT molecular complexity index is 343. The van der Waals surface area contributed by atoms with E-state index in [2.05, 4.69) is 9.97 Å². The Kier molecular flexibility index (Phi) is 3.83. The van der Waals surface area contributed by atoms with Crippen LogP contribution < -0.4 is 11.3 Å². The van der Waals surface area contributed by atoms with Crippen molar-refractivity contribution in [2.45, 2.75) is 32.6 Å². The molecular formula is C10H17N3O. The second-order valence-corrected chi connectivity index (χ2v) is 3.66. The Morgan fingerprint density at radius 2 is 2.29 bits per heavy atom. The van der Waals surface area contributed by atoms with Gasteiger partial charge in [0.05, 0.1) is 5.69 Å². The second kappa shape index (κ2) is 4.91. The van der Waals surface area contributed by atoms with E-state index in [1.165, 1.54) is 0 Å². The van der Waals surface area contributed by atoms with E-state index < -0.39 is 0 Å². The van der Waals surface area contributed by atoms with Gasteiger partial charge in [0.1, 0.15) is 5.82 Å². The number of hydrogen-bond donors (Lipinski definition) is 2. The molecule has 4 nitrogen and oxygen atoms in total. The fourth-order valence-electron chi connectivity index (χ4n) is 1.21. The van der Waals surface area contributed by atoms with Crippen molar-refractivity contribution in [3.8, 4) is 0 Å². The number of aromatic nitrogens is 2. The van der Waals surface area contributed by atoms with Crippen molar-refractivity contribution in [2.75, 3.05) is 6.54 Å². The normalized spacial score (nSPS) is 10.9. The van der Waals surface area contributed by atoms with Gasteiger partial charge in [0.25, 0.3) is 5.56 Å². The van der Waals surface area contributed by atoms with E-state index in [4.69, 9.17) is 5.73 Å². The smallest absolute Gasteiger partial charge is 0.251 e. The quantitative estimate of drug-likeness (QED) is 0.746. The van der Waals surface area contributed by atoms with Crippen molar-refractivity contribution in [2.24, 2.45) is 5.73 Å². The van der Waals surface area contributed by atoms with Crippen LogP contribution >= 0.6 is 0 Å². The molecule has 1 aromatic heterocycles. The SMILES string of the molecule is CC(C)c1cc(=O)[nH]c(CCCN)n1. The molecule has 0 saturated heterocycles. The van der Waals surface area contributed by atoms with Crippen LogP contribution in [0.5, 0.6) is 0 Å². The van der Waals surface area contributed by atoms with Crippen molar-refractivity contribution in [1.82, 2.24) is 9.97 Å². The van der Waals surface area contributed by atoms with Crippen molar-refractivity contribution in [3.05, 3.63) is 27.9 Å². The molecule has 0 aliphatic carbocycles. The Balaban J connectivity index is 2.90. The van der Waals surface area contributed by atoms with Crippen LogP contribution in [0, 0.1) is 0 Å². The van der Waals surface area contributed by atoms with Gasteiger partial charge in [-0.05, 0) is 18.9 Å². The average molecular weight is 195 g/mol. The van der Waals surface area contributed by atoms with Crippen LogP contribution in [0.15, 0.2) is 10.9 Å². The van der Waals surface area contributed by atoms with E-state index in [0.717, 1.165) is 24.4 Å². The Morgan fingerprint density at radius 1 is 1.57 bits per heavy atom. The highest BCUT2D eigenvalue weighted by molar-refractivity contribution is 5.06. The summed E-state index contributed by atoms with van der Waals surface area (Å²) in [6.45, 7) is 4.67. The summed E-state index contributed by atoms with van der Waals surface area (Å²) in [5.74, 6) is 1.03. The predicted octanol–water partition coefficient (Wildman–Crippen LogP) is 0.785. The lowest BCUT2D eigenvalue weighted by atomic mass is 10.1. The number of H-pyrrole nitrogens is 1. The summed E-state index contributed by atoms with van der Waals surface area (Å²) in [6.07, 6.45) is 1.59. The molecule has 0 radical (unpaired) electrons. The van der Waals surface area contributed by atoms with Crippen LogP contribution in [-0.4, -0.2) is 16.5 Å². The number of rotatable bonds is 4. The van der Waals surface area contributed by atoms with Crippen molar-refractivity contribution in [3.63, 3.8) is 0 Å². The largest absolute Gasteiger partial charge is 0.330 e. The minimum Gasteiger partial charge on any atom is -0.330 e. The number of nitrogens with two attached hydrogens (primary N) is 1. The highest BCUT2D eigenvalue weighted by atomic mass is 16.1. The van der Waals surface area contributed by atoms with Crippen LogP contribution in [-0.2, 0) is 6.42 Å². The minimum absolute atomic E-state index is 0.0734. The first-order valence-corrected chi connectivity index (χ1v) is 4.93. The predicted molar refractivity (Wildman–Crippen MR) is 56.3 cm³/mol. The molecule has 0 atom stereocenters. The molecule has 0 aromatic carbocycles. The molecule has 78 valence electrons. The molecule has 0 unspecified atom stereocenters. The topological polar surface area (TPSA) is 71.8 Å². The molecule has 0 bridgehead atoms. The first kappa shape index (κ1) is 10.9. The Hall–Kier alpha value is -1.16. The molecule has 1 heterocycles. The molecule has 1 rings (SSSR count). The summed E-state index contributed by atoms with van der Waals surface area (Å²) in [5, 5.41) is 0. The summed E-state index contributed by atoms with van der Waals surface area (Å²) in [6, 6.07) is 1.55. The van der Waals surface area contributed by atoms with E-state index in [-0.39, 0.29) is 11.5 Å². The number of aryl methyl sites for hydroxylation is 1. The maximum Gasteiger partial charge on any atom is 0.251 e. The van der Waals surface area contributed by atoms with Crippen LogP contribution in [0.3, 0.4) is 0 Å².